The third-order valence-electron chi connectivity index (χ3n) is 4.15. The zero-order valence-corrected chi connectivity index (χ0v) is 15.5. The first-order valence-electron chi connectivity index (χ1n) is 8.35. The van der Waals surface area contributed by atoms with E-state index >= 15 is 0 Å². The van der Waals surface area contributed by atoms with E-state index in [9.17, 15) is 0 Å². The highest BCUT2D eigenvalue weighted by molar-refractivity contribution is 9.10. The highest BCUT2D eigenvalue weighted by atomic mass is 79.9. The van der Waals surface area contributed by atoms with E-state index in [0.717, 1.165) is 47.6 Å². The van der Waals surface area contributed by atoms with E-state index in [0.29, 0.717) is 6.61 Å². The van der Waals surface area contributed by atoms with Gasteiger partial charge in [0.25, 0.3) is 0 Å². The molecule has 126 valence electrons. The number of hydrogen-bond acceptors (Lipinski definition) is 2. The van der Waals surface area contributed by atoms with Crippen LogP contribution in [0.1, 0.15) is 19.8 Å². The first kappa shape index (κ1) is 16.8. The summed E-state index contributed by atoms with van der Waals surface area (Å²) in [6, 6.07) is 16.2. The number of nitrogens with zero attached hydrogens (tertiary/aromatic N) is 2. The molecule has 0 saturated heterocycles. The molecule has 1 heterocycles. The molecule has 0 bridgehead atoms. The van der Waals surface area contributed by atoms with Gasteiger partial charge in [0.2, 0.25) is 0 Å². The summed E-state index contributed by atoms with van der Waals surface area (Å²) in [6.07, 6.45) is 2.27. The van der Waals surface area contributed by atoms with Crippen molar-refractivity contribution in [2.24, 2.45) is 0 Å². The number of nitrogen functional groups attached to an aromatic ring is 1. The maximum atomic E-state index is 6.42. The van der Waals surface area contributed by atoms with E-state index in [2.05, 4.69) is 56.3 Å². The molecule has 0 amide bonds. The van der Waals surface area contributed by atoms with Gasteiger partial charge in [0.15, 0.2) is 0 Å². The van der Waals surface area contributed by atoms with Gasteiger partial charge in [-0.2, -0.15) is 0 Å². The van der Waals surface area contributed by atoms with E-state index in [1.165, 1.54) is 5.52 Å². The van der Waals surface area contributed by atoms with E-state index in [-0.39, 0.29) is 0 Å². The Balaban J connectivity index is 1.78. The fourth-order valence-electron chi connectivity index (χ4n) is 2.89. The molecule has 5 heteroatoms. The van der Waals surface area contributed by atoms with Crippen LogP contribution >= 0.6 is 15.9 Å². The van der Waals surface area contributed by atoms with Crippen molar-refractivity contribution in [1.82, 2.24) is 4.57 Å². The molecule has 1 aromatic heterocycles. The molecule has 2 N–H and O–H groups in total. The molecule has 0 saturated carbocycles. The lowest BCUT2D eigenvalue weighted by molar-refractivity contribution is -0.657. The fraction of sp³-hybridized carbons (Fsp3) is 0.316. The van der Waals surface area contributed by atoms with Gasteiger partial charge in [0.1, 0.15) is 29.9 Å². The van der Waals surface area contributed by atoms with Crippen LogP contribution in [0, 0.1) is 0 Å². The van der Waals surface area contributed by atoms with Crippen molar-refractivity contribution in [3.8, 4) is 5.75 Å². The molecule has 24 heavy (non-hydrogen) atoms. The SMILES string of the molecule is CCCC[n+]1c(N)n(CCOc2ccc(Br)cc2)c2ccccc21. The van der Waals surface area contributed by atoms with Crippen molar-refractivity contribution in [2.45, 2.75) is 32.9 Å². The quantitative estimate of drug-likeness (QED) is 0.617. The van der Waals surface area contributed by atoms with Crippen LogP contribution in [-0.4, -0.2) is 11.2 Å². The highest BCUT2D eigenvalue weighted by Gasteiger charge is 2.19. The maximum absolute atomic E-state index is 6.42. The third-order valence-corrected chi connectivity index (χ3v) is 4.68. The summed E-state index contributed by atoms with van der Waals surface area (Å²) in [5.74, 6) is 1.66. The summed E-state index contributed by atoms with van der Waals surface area (Å²) in [6.45, 7) is 4.45. The lowest BCUT2D eigenvalue weighted by atomic mass is 10.3. The molecule has 4 nitrogen and oxygen atoms in total. The van der Waals surface area contributed by atoms with Crippen molar-refractivity contribution >= 4 is 32.9 Å². The van der Waals surface area contributed by atoms with E-state index in [1.807, 2.05) is 24.3 Å². The maximum Gasteiger partial charge on any atom is 0.356 e. The molecule has 0 unspecified atom stereocenters. The number of anilines is 1. The van der Waals surface area contributed by atoms with E-state index < -0.39 is 0 Å². The van der Waals surface area contributed by atoms with Gasteiger partial charge in [-0.15, -0.1) is 0 Å². The first-order chi connectivity index (χ1) is 11.7. The number of fused-ring (bicyclic) bond motifs is 1. The Hall–Kier alpha value is -2.01. The molecular formula is C19H23BrN3O+. The largest absolute Gasteiger partial charge is 0.490 e. The zero-order chi connectivity index (χ0) is 16.9. The average Bonchev–Trinajstić information content (AvgIpc) is 2.87. The first-order valence-corrected chi connectivity index (χ1v) is 9.15. The number of para-hydroxylation sites is 2. The van der Waals surface area contributed by atoms with Gasteiger partial charge in [0, 0.05) is 4.47 Å². The lowest BCUT2D eigenvalue weighted by Crippen LogP contribution is -2.36. The van der Waals surface area contributed by atoms with Gasteiger partial charge in [-0.25, -0.2) is 9.13 Å². The number of hydrogen-bond donors (Lipinski definition) is 1. The number of ether oxygens (including phenoxy) is 1. The molecule has 0 atom stereocenters. The molecule has 0 aliphatic rings. The van der Waals surface area contributed by atoms with E-state index in [1.54, 1.807) is 0 Å². The number of benzene rings is 2. The summed E-state index contributed by atoms with van der Waals surface area (Å²) in [7, 11) is 0. The second-order valence-electron chi connectivity index (χ2n) is 5.81. The van der Waals surface area contributed by atoms with Crippen LogP contribution in [0.2, 0.25) is 0 Å². The van der Waals surface area contributed by atoms with Crippen LogP contribution in [0.15, 0.2) is 53.0 Å². The molecule has 0 aliphatic heterocycles. The number of aromatic nitrogens is 2. The predicted octanol–water partition coefficient (Wildman–Crippen LogP) is 4.15. The van der Waals surface area contributed by atoms with Crippen molar-refractivity contribution in [3.05, 3.63) is 53.0 Å². The third kappa shape index (κ3) is 3.56. The number of nitrogens with two attached hydrogens (primary N) is 1. The molecule has 0 aliphatic carbocycles. The van der Waals surface area contributed by atoms with Crippen LogP contribution in [0.5, 0.6) is 5.75 Å². The molecule has 0 fully saturated rings. The summed E-state index contributed by atoms with van der Waals surface area (Å²) < 4.78 is 11.3. The average molecular weight is 389 g/mol. The summed E-state index contributed by atoms with van der Waals surface area (Å²) >= 11 is 3.43. The Morgan fingerprint density at radius 1 is 1.12 bits per heavy atom. The second-order valence-corrected chi connectivity index (χ2v) is 6.72. The minimum atomic E-state index is 0.582. The predicted molar refractivity (Wildman–Crippen MR) is 101 cm³/mol. The smallest absolute Gasteiger partial charge is 0.356 e. The Labute approximate surface area is 151 Å². The topological polar surface area (TPSA) is 44.1 Å². The van der Waals surface area contributed by atoms with Gasteiger partial charge in [-0.05, 0) is 42.8 Å². The van der Waals surface area contributed by atoms with Gasteiger partial charge in [0.05, 0.1) is 6.54 Å². The van der Waals surface area contributed by atoms with Gasteiger partial charge in [-0.1, -0.05) is 41.4 Å². The van der Waals surface area contributed by atoms with Crippen molar-refractivity contribution in [3.63, 3.8) is 0 Å². The minimum Gasteiger partial charge on any atom is -0.490 e. The Kier molecular flexibility index (Phi) is 5.41. The molecular weight excluding hydrogens is 366 g/mol. The minimum absolute atomic E-state index is 0.582. The van der Waals surface area contributed by atoms with Crippen LogP contribution in [0.25, 0.3) is 11.0 Å². The van der Waals surface area contributed by atoms with Gasteiger partial charge < -0.3 is 4.74 Å². The molecule has 2 aromatic carbocycles. The van der Waals surface area contributed by atoms with Crippen LogP contribution < -0.4 is 15.0 Å². The molecule has 0 spiro atoms. The second kappa shape index (κ2) is 7.71. The van der Waals surface area contributed by atoms with E-state index in [4.69, 9.17) is 10.5 Å². The zero-order valence-electron chi connectivity index (χ0n) is 13.9. The Morgan fingerprint density at radius 3 is 2.62 bits per heavy atom. The lowest BCUT2D eigenvalue weighted by Gasteiger charge is -2.06. The summed E-state index contributed by atoms with van der Waals surface area (Å²) in [5, 5.41) is 0. The monoisotopic (exact) mass is 388 g/mol. The number of aryl methyl sites for hydroxylation is 1. The van der Waals surface area contributed by atoms with Crippen LogP contribution in [0.4, 0.5) is 5.95 Å². The standard InChI is InChI=1S/C19H22BrN3O/c1-2-3-12-22-17-6-4-5-7-18(17)23(19(22)21)13-14-24-16-10-8-15(20)9-11-16/h4-11,21H,2-3,12-14H2,1H3/p+1. The summed E-state index contributed by atoms with van der Waals surface area (Å²) in [5.41, 5.74) is 8.77. The van der Waals surface area contributed by atoms with Crippen LogP contribution in [0.3, 0.4) is 0 Å². The number of halogens is 1. The van der Waals surface area contributed by atoms with Crippen molar-refractivity contribution in [2.75, 3.05) is 12.3 Å². The molecule has 3 rings (SSSR count). The fourth-order valence-corrected chi connectivity index (χ4v) is 3.15. The van der Waals surface area contributed by atoms with Gasteiger partial charge in [-0.3, -0.25) is 5.73 Å². The normalized spacial score (nSPS) is 11.1. The number of rotatable bonds is 7. The Morgan fingerprint density at radius 2 is 1.88 bits per heavy atom. The Bertz CT molecular complexity index is 811. The van der Waals surface area contributed by atoms with Crippen molar-refractivity contribution < 1.29 is 9.30 Å². The molecule has 3 aromatic rings. The number of imidazole rings is 1. The van der Waals surface area contributed by atoms with Crippen molar-refractivity contribution in [1.29, 1.82) is 0 Å². The van der Waals surface area contributed by atoms with Gasteiger partial charge >= 0.3 is 5.95 Å². The summed E-state index contributed by atoms with van der Waals surface area (Å²) in [4.78, 5) is 0. The molecule has 0 radical (unpaired) electrons. The van der Waals surface area contributed by atoms with Crippen LogP contribution in [-0.2, 0) is 13.1 Å². The number of unbranched alkanes of at least 4 members (excludes halogenated alkanes) is 1. The highest BCUT2D eigenvalue weighted by Crippen LogP contribution is 2.18.